The van der Waals surface area contributed by atoms with Crippen molar-refractivity contribution >= 4 is 21.7 Å². The Kier molecular flexibility index (Phi) is 5.87. The van der Waals surface area contributed by atoms with Crippen LogP contribution in [0, 0.1) is 11.3 Å². The summed E-state index contributed by atoms with van der Waals surface area (Å²) in [6, 6.07) is 12.7. The van der Waals surface area contributed by atoms with E-state index < -0.39 is 0 Å². The summed E-state index contributed by atoms with van der Waals surface area (Å²) in [6.45, 7) is 0.233. The molecule has 0 bridgehead atoms. The summed E-state index contributed by atoms with van der Waals surface area (Å²) in [5, 5.41) is 8.79. The van der Waals surface area contributed by atoms with E-state index in [0.29, 0.717) is 11.1 Å². The minimum Gasteiger partial charge on any atom is -1.00 e. The van der Waals surface area contributed by atoms with Crippen molar-refractivity contribution in [2.24, 2.45) is 0 Å². The van der Waals surface area contributed by atoms with Gasteiger partial charge in [0.05, 0.1) is 0 Å². The number of carbonyl (C=O) groups is 1. The van der Waals surface area contributed by atoms with Crippen molar-refractivity contribution in [3.8, 4) is 6.07 Å². The number of carbonyl (C=O) groups excluding carboxylic acids is 1. The van der Waals surface area contributed by atoms with Crippen molar-refractivity contribution in [3.63, 3.8) is 0 Å². The highest BCUT2D eigenvalue weighted by Crippen LogP contribution is 2.10. The normalized spacial score (nSPS) is 9.26. The standard InChI is InChI=1S/C14H10BrN2O.BrH/c15-13-5-3-12(4-6-13)14(18)10-17-7-1-2-11(8-16)9-17;/h1-7,9H,10H2;1H/q+1;/p-1. The molecule has 0 spiro atoms. The summed E-state index contributed by atoms with van der Waals surface area (Å²) in [5.74, 6) is 0.0163. The van der Waals surface area contributed by atoms with E-state index >= 15 is 0 Å². The number of nitrogens with zero attached hydrogens (tertiary/aromatic N) is 2. The van der Waals surface area contributed by atoms with Crippen molar-refractivity contribution in [1.82, 2.24) is 0 Å². The smallest absolute Gasteiger partial charge is 0.227 e. The van der Waals surface area contributed by atoms with Crippen LogP contribution in [-0.2, 0) is 6.54 Å². The number of Topliss-reactive ketones (excluding diaryl/α,β-unsaturated/α-hetero) is 1. The van der Waals surface area contributed by atoms with E-state index in [2.05, 4.69) is 15.9 Å². The third-order valence-corrected chi connectivity index (χ3v) is 3.01. The molecule has 0 radical (unpaired) electrons. The third kappa shape index (κ3) is 4.27. The van der Waals surface area contributed by atoms with Gasteiger partial charge in [-0.1, -0.05) is 28.1 Å². The molecule has 5 heteroatoms. The molecule has 1 aromatic carbocycles. The lowest BCUT2D eigenvalue weighted by atomic mass is 10.1. The van der Waals surface area contributed by atoms with E-state index in [0.717, 1.165) is 4.47 Å². The Bertz CT molecular complexity index is 618. The first-order valence-electron chi connectivity index (χ1n) is 5.37. The first-order chi connectivity index (χ1) is 8.69. The van der Waals surface area contributed by atoms with Crippen LogP contribution in [0.2, 0.25) is 0 Å². The molecule has 0 aliphatic carbocycles. The van der Waals surface area contributed by atoms with Gasteiger partial charge in [-0.15, -0.1) is 0 Å². The molecule has 1 aromatic heterocycles. The molecule has 0 saturated heterocycles. The van der Waals surface area contributed by atoms with Gasteiger partial charge >= 0.3 is 0 Å². The molecule has 3 nitrogen and oxygen atoms in total. The van der Waals surface area contributed by atoms with Gasteiger partial charge in [-0.3, -0.25) is 4.79 Å². The number of hydrogen-bond donors (Lipinski definition) is 0. The van der Waals surface area contributed by atoms with Gasteiger partial charge in [0.2, 0.25) is 12.3 Å². The van der Waals surface area contributed by atoms with Crippen LogP contribution in [-0.4, -0.2) is 5.78 Å². The summed E-state index contributed by atoms with van der Waals surface area (Å²) in [5.41, 5.74) is 1.20. The van der Waals surface area contributed by atoms with Crippen LogP contribution >= 0.6 is 15.9 Å². The monoisotopic (exact) mass is 380 g/mol. The lowest BCUT2D eigenvalue weighted by Gasteiger charge is -1.98. The molecule has 0 N–H and O–H groups in total. The van der Waals surface area contributed by atoms with Crippen molar-refractivity contribution in [1.29, 1.82) is 5.26 Å². The fourth-order valence-electron chi connectivity index (χ4n) is 1.58. The first kappa shape index (κ1) is 15.5. The average molecular weight is 382 g/mol. The zero-order valence-corrected chi connectivity index (χ0v) is 13.1. The molecule has 2 aromatic rings. The van der Waals surface area contributed by atoms with Crippen LogP contribution in [0.25, 0.3) is 0 Å². The molecular formula is C14H10Br2N2O. The average Bonchev–Trinajstić information content (AvgIpc) is 2.39. The zero-order valence-electron chi connectivity index (χ0n) is 9.88. The fraction of sp³-hybridized carbons (Fsp3) is 0.0714. The second kappa shape index (κ2) is 7.17. The molecule has 0 amide bonds. The maximum Gasteiger partial charge on any atom is 0.227 e. The van der Waals surface area contributed by atoms with Gasteiger partial charge in [0.25, 0.3) is 0 Å². The molecule has 0 unspecified atom stereocenters. The number of nitriles is 1. The Morgan fingerprint density at radius 2 is 1.95 bits per heavy atom. The third-order valence-electron chi connectivity index (χ3n) is 2.48. The quantitative estimate of drug-likeness (QED) is 0.531. The number of hydrogen-bond acceptors (Lipinski definition) is 2. The van der Waals surface area contributed by atoms with Gasteiger partial charge in [-0.05, 0) is 18.2 Å². The van der Waals surface area contributed by atoms with Crippen molar-refractivity contribution in [2.45, 2.75) is 6.54 Å². The summed E-state index contributed by atoms with van der Waals surface area (Å²) in [4.78, 5) is 12.0. The van der Waals surface area contributed by atoms with Crippen LogP contribution in [0.15, 0.2) is 53.3 Å². The topological polar surface area (TPSA) is 44.7 Å². The summed E-state index contributed by atoms with van der Waals surface area (Å²) < 4.78 is 2.65. The molecular weight excluding hydrogens is 372 g/mol. The zero-order chi connectivity index (χ0) is 13.0. The number of pyridine rings is 1. The molecule has 1 heterocycles. The number of halogens is 2. The van der Waals surface area contributed by atoms with Crippen LogP contribution in [0.5, 0.6) is 0 Å². The van der Waals surface area contributed by atoms with Crippen LogP contribution in [0.1, 0.15) is 15.9 Å². The number of ketones is 1. The molecule has 19 heavy (non-hydrogen) atoms. The summed E-state index contributed by atoms with van der Waals surface area (Å²) in [7, 11) is 0. The minimum absolute atomic E-state index is 0. The van der Waals surface area contributed by atoms with Crippen molar-refractivity contribution < 1.29 is 26.3 Å². The second-order valence-corrected chi connectivity index (χ2v) is 4.72. The predicted octanol–water partition coefficient (Wildman–Crippen LogP) is -0.505. The van der Waals surface area contributed by atoms with Gasteiger partial charge < -0.3 is 17.0 Å². The Morgan fingerprint density at radius 1 is 1.26 bits per heavy atom. The van der Waals surface area contributed by atoms with Gasteiger partial charge in [0.15, 0.2) is 12.4 Å². The van der Waals surface area contributed by atoms with Crippen LogP contribution in [0.3, 0.4) is 0 Å². The Hall–Kier alpha value is -1.51. The van der Waals surface area contributed by atoms with Crippen molar-refractivity contribution in [3.05, 3.63) is 64.4 Å². The Morgan fingerprint density at radius 3 is 2.58 bits per heavy atom. The highest BCUT2D eigenvalue weighted by molar-refractivity contribution is 9.10. The van der Waals surface area contributed by atoms with Gasteiger partial charge in [-0.2, -0.15) is 9.83 Å². The lowest BCUT2D eigenvalue weighted by molar-refractivity contribution is -0.683. The predicted molar refractivity (Wildman–Crippen MR) is 69.8 cm³/mol. The summed E-state index contributed by atoms with van der Waals surface area (Å²) in [6.07, 6.45) is 3.44. The van der Waals surface area contributed by atoms with E-state index in [9.17, 15) is 4.79 Å². The van der Waals surface area contributed by atoms with Crippen LogP contribution in [0.4, 0.5) is 0 Å². The van der Waals surface area contributed by atoms with E-state index in [4.69, 9.17) is 5.26 Å². The van der Waals surface area contributed by atoms with E-state index in [1.807, 2.05) is 18.2 Å². The van der Waals surface area contributed by atoms with Crippen LogP contribution < -0.4 is 21.5 Å². The summed E-state index contributed by atoms with van der Waals surface area (Å²) >= 11 is 3.33. The van der Waals surface area contributed by atoms with Crippen molar-refractivity contribution in [2.75, 3.05) is 0 Å². The van der Waals surface area contributed by atoms with E-state index in [1.165, 1.54) is 0 Å². The highest BCUT2D eigenvalue weighted by atomic mass is 79.9. The maximum atomic E-state index is 12.0. The van der Waals surface area contributed by atoms with E-state index in [1.54, 1.807) is 41.2 Å². The maximum absolute atomic E-state index is 12.0. The number of benzene rings is 1. The fourth-order valence-corrected chi connectivity index (χ4v) is 1.84. The van der Waals surface area contributed by atoms with Gasteiger partial charge in [0.1, 0.15) is 11.6 Å². The molecule has 0 aliphatic rings. The lowest BCUT2D eigenvalue weighted by Crippen LogP contribution is -3.00. The first-order valence-corrected chi connectivity index (χ1v) is 6.16. The minimum atomic E-state index is 0. The largest absolute Gasteiger partial charge is 1.00 e. The Balaban J connectivity index is 0.00000180. The highest BCUT2D eigenvalue weighted by Gasteiger charge is 2.12. The molecule has 0 aliphatic heterocycles. The molecule has 96 valence electrons. The molecule has 0 fully saturated rings. The SMILES string of the molecule is N#Cc1ccc[n+](CC(=O)c2ccc(Br)cc2)c1.[Br-]. The number of rotatable bonds is 3. The Labute approximate surface area is 130 Å². The molecule has 0 atom stereocenters. The van der Waals surface area contributed by atoms with E-state index in [-0.39, 0.29) is 29.3 Å². The van der Waals surface area contributed by atoms with Gasteiger partial charge in [0, 0.05) is 16.1 Å². The second-order valence-electron chi connectivity index (χ2n) is 3.81. The number of aromatic nitrogens is 1. The van der Waals surface area contributed by atoms with Gasteiger partial charge in [-0.25, -0.2) is 0 Å². The molecule has 2 rings (SSSR count). The molecule has 0 saturated carbocycles.